The van der Waals surface area contributed by atoms with Crippen molar-refractivity contribution in [1.29, 1.82) is 0 Å². The van der Waals surface area contributed by atoms with Gasteiger partial charge in [0.15, 0.2) is 0 Å². The lowest BCUT2D eigenvalue weighted by molar-refractivity contribution is -0.137. The zero-order valence-electron chi connectivity index (χ0n) is 10.5. The standard InChI is InChI=1S/C11H20N2O4S/c1-11(2,7-14)9(16)10(17)13-4-3-8(15)12-5-6-18/h5-6,9,14,16,18H,3-4,7H2,1-2H3,(H,12,15)(H,13,17)/b6-5+. The molecule has 0 heterocycles. The van der Waals surface area contributed by atoms with Crippen LogP contribution in [0.3, 0.4) is 0 Å². The van der Waals surface area contributed by atoms with Gasteiger partial charge in [0.1, 0.15) is 6.10 Å². The van der Waals surface area contributed by atoms with Crippen LogP contribution in [0.4, 0.5) is 0 Å². The molecule has 2 amide bonds. The Morgan fingerprint density at radius 1 is 1.44 bits per heavy atom. The Kier molecular flexibility index (Phi) is 7.65. The van der Waals surface area contributed by atoms with E-state index in [2.05, 4.69) is 23.3 Å². The number of aliphatic hydroxyl groups excluding tert-OH is 2. The van der Waals surface area contributed by atoms with Crippen molar-refractivity contribution in [3.8, 4) is 0 Å². The average molecular weight is 276 g/mol. The monoisotopic (exact) mass is 276 g/mol. The van der Waals surface area contributed by atoms with Gasteiger partial charge in [0.05, 0.1) is 6.61 Å². The molecule has 1 atom stereocenters. The number of nitrogens with one attached hydrogen (secondary N) is 2. The Morgan fingerprint density at radius 2 is 2.06 bits per heavy atom. The highest BCUT2D eigenvalue weighted by molar-refractivity contribution is 7.83. The van der Waals surface area contributed by atoms with Crippen LogP contribution >= 0.6 is 12.6 Å². The zero-order chi connectivity index (χ0) is 14.2. The van der Waals surface area contributed by atoms with E-state index in [0.29, 0.717) is 0 Å². The van der Waals surface area contributed by atoms with Gasteiger partial charge in [0.25, 0.3) is 0 Å². The first-order chi connectivity index (χ1) is 8.35. The van der Waals surface area contributed by atoms with E-state index in [0.717, 1.165) is 0 Å². The zero-order valence-corrected chi connectivity index (χ0v) is 11.4. The number of carbonyl (C=O) groups excluding carboxylic acids is 2. The number of aliphatic hydroxyl groups is 2. The maximum Gasteiger partial charge on any atom is 0.249 e. The number of hydrogen-bond acceptors (Lipinski definition) is 5. The third-order valence-corrected chi connectivity index (χ3v) is 2.52. The molecule has 4 N–H and O–H groups in total. The fourth-order valence-electron chi connectivity index (χ4n) is 1.04. The number of thiol groups is 1. The molecule has 1 unspecified atom stereocenters. The summed E-state index contributed by atoms with van der Waals surface area (Å²) in [5.41, 5.74) is -0.916. The first-order valence-corrected chi connectivity index (χ1v) is 6.02. The number of carbonyl (C=O) groups is 2. The lowest BCUT2D eigenvalue weighted by Crippen LogP contribution is -2.46. The molecular weight excluding hydrogens is 256 g/mol. The molecule has 0 aromatic rings. The van der Waals surface area contributed by atoms with E-state index in [1.165, 1.54) is 11.6 Å². The van der Waals surface area contributed by atoms with E-state index in [1.807, 2.05) is 0 Å². The van der Waals surface area contributed by atoms with Crippen molar-refractivity contribution < 1.29 is 19.8 Å². The molecule has 0 radical (unpaired) electrons. The van der Waals surface area contributed by atoms with Crippen LogP contribution in [0.15, 0.2) is 11.6 Å². The molecule has 0 saturated carbocycles. The van der Waals surface area contributed by atoms with Crippen LogP contribution in [-0.4, -0.2) is 41.3 Å². The van der Waals surface area contributed by atoms with E-state index in [4.69, 9.17) is 5.11 Å². The fraction of sp³-hybridized carbons (Fsp3) is 0.636. The predicted molar refractivity (Wildman–Crippen MR) is 70.8 cm³/mol. The van der Waals surface area contributed by atoms with Gasteiger partial charge in [-0.25, -0.2) is 0 Å². The molecule has 0 aromatic carbocycles. The van der Waals surface area contributed by atoms with E-state index in [1.54, 1.807) is 13.8 Å². The van der Waals surface area contributed by atoms with Crippen molar-refractivity contribution in [3.05, 3.63) is 11.6 Å². The summed E-state index contributed by atoms with van der Waals surface area (Å²) >= 11 is 3.77. The lowest BCUT2D eigenvalue weighted by Gasteiger charge is -2.27. The highest BCUT2D eigenvalue weighted by atomic mass is 32.1. The summed E-state index contributed by atoms with van der Waals surface area (Å²) in [5.74, 6) is -0.872. The van der Waals surface area contributed by atoms with E-state index in [-0.39, 0.29) is 25.5 Å². The Hall–Kier alpha value is -1.05. The van der Waals surface area contributed by atoms with Crippen LogP contribution < -0.4 is 10.6 Å². The predicted octanol–water partition coefficient (Wildman–Crippen LogP) is -0.611. The van der Waals surface area contributed by atoms with Crippen LogP contribution in [0, 0.1) is 5.41 Å². The van der Waals surface area contributed by atoms with Crippen LogP contribution in [0.5, 0.6) is 0 Å². The third kappa shape index (κ3) is 6.04. The summed E-state index contributed by atoms with van der Waals surface area (Å²) < 4.78 is 0. The second-order valence-corrected chi connectivity index (χ2v) is 4.77. The molecule has 0 aliphatic rings. The maximum atomic E-state index is 11.5. The summed E-state index contributed by atoms with van der Waals surface area (Å²) in [6, 6.07) is 0. The van der Waals surface area contributed by atoms with Gasteiger partial charge >= 0.3 is 0 Å². The van der Waals surface area contributed by atoms with Crippen molar-refractivity contribution in [3.63, 3.8) is 0 Å². The molecule has 0 spiro atoms. The first-order valence-electron chi connectivity index (χ1n) is 5.50. The Bertz CT molecular complexity index is 318. The highest BCUT2D eigenvalue weighted by Gasteiger charge is 2.32. The molecule has 18 heavy (non-hydrogen) atoms. The minimum absolute atomic E-state index is 0.0934. The summed E-state index contributed by atoms with van der Waals surface area (Å²) in [6.07, 6.45) is 0.149. The normalized spacial score (nSPS) is 13.4. The van der Waals surface area contributed by atoms with Gasteiger partial charge in [0, 0.05) is 24.6 Å². The van der Waals surface area contributed by atoms with Gasteiger partial charge in [0.2, 0.25) is 11.8 Å². The Labute approximate surface area is 112 Å². The Morgan fingerprint density at radius 3 is 2.56 bits per heavy atom. The van der Waals surface area contributed by atoms with Crippen molar-refractivity contribution in [2.75, 3.05) is 13.2 Å². The van der Waals surface area contributed by atoms with E-state index < -0.39 is 17.4 Å². The van der Waals surface area contributed by atoms with Crippen LogP contribution in [0.25, 0.3) is 0 Å². The third-order valence-electron chi connectivity index (χ3n) is 2.37. The van der Waals surface area contributed by atoms with Gasteiger partial charge in [-0.2, -0.15) is 0 Å². The van der Waals surface area contributed by atoms with E-state index >= 15 is 0 Å². The molecule has 0 rings (SSSR count). The molecule has 6 nitrogen and oxygen atoms in total. The molecule has 0 aromatic heterocycles. The van der Waals surface area contributed by atoms with Crippen LogP contribution in [0.1, 0.15) is 20.3 Å². The minimum Gasteiger partial charge on any atom is -0.396 e. The smallest absolute Gasteiger partial charge is 0.249 e. The number of rotatable bonds is 7. The fourth-order valence-corrected chi connectivity index (χ4v) is 1.11. The van der Waals surface area contributed by atoms with E-state index in [9.17, 15) is 14.7 Å². The van der Waals surface area contributed by atoms with Crippen molar-refractivity contribution >= 4 is 24.4 Å². The second-order valence-electron chi connectivity index (χ2n) is 4.47. The minimum atomic E-state index is -1.32. The quantitative estimate of drug-likeness (QED) is 0.401. The molecule has 0 saturated heterocycles. The SMILES string of the molecule is CC(C)(CO)C(O)C(=O)NCCC(=O)N/C=C/S. The second kappa shape index (κ2) is 8.12. The molecule has 104 valence electrons. The van der Waals surface area contributed by atoms with Crippen molar-refractivity contribution in [1.82, 2.24) is 10.6 Å². The summed E-state index contributed by atoms with van der Waals surface area (Å²) in [6.45, 7) is 2.95. The summed E-state index contributed by atoms with van der Waals surface area (Å²) in [5, 5.41) is 24.9. The van der Waals surface area contributed by atoms with Gasteiger partial charge in [-0.15, -0.1) is 12.6 Å². The lowest BCUT2D eigenvalue weighted by atomic mass is 9.87. The largest absolute Gasteiger partial charge is 0.396 e. The number of amides is 2. The molecule has 0 fully saturated rings. The number of hydrogen-bond donors (Lipinski definition) is 5. The van der Waals surface area contributed by atoms with Crippen molar-refractivity contribution in [2.45, 2.75) is 26.4 Å². The molecule has 0 aliphatic carbocycles. The summed E-state index contributed by atoms with van der Waals surface area (Å²) in [4.78, 5) is 22.7. The topological polar surface area (TPSA) is 98.7 Å². The summed E-state index contributed by atoms with van der Waals surface area (Å²) in [7, 11) is 0. The highest BCUT2D eigenvalue weighted by Crippen LogP contribution is 2.19. The molecule has 0 aliphatic heterocycles. The van der Waals surface area contributed by atoms with Gasteiger partial charge in [-0.05, 0) is 5.41 Å². The average Bonchev–Trinajstić information content (AvgIpc) is 2.35. The molecule has 0 bridgehead atoms. The van der Waals surface area contributed by atoms with Gasteiger partial charge in [-0.3, -0.25) is 9.59 Å². The Balaban J connectivity index is 4.01. The first kappa shape index (κ1) is 16.9. The molecule has 7 heteroatoms. The molecular formula is C11H20N2O4S. The van der Waals surface area contributed by atoms with Gasteiger partial charge < -0.3 is 20.8 Å². The van der Waals surface area contributed by atoms with Crippen LogP contribution in [-0.2, 0) is 9.59 Å². The van der Waals surface area contributed by atoms with Gasteiger partial charge in [-0.1, -0.05) is 13.8 Å². The maximum absolute atomic E-state index is 11.5. The van der Waals surface area contributed by atoms with Crippen molar-refractivity contribution in [2.24, 2.45) is 5.41 Å². The van der Waals surface area contributed by atoms with Crippen LogP contribution in [0.2, 0.25) is 0 Å².